The Bertz CT molecular complexity index is 315. The zero-order valence-corrected chi connectivity index (χ0v) is 10.4. The summed E-state index contributed by atoms with van der Waals surface area (Å²) in [5.74, 6) is 0.983. The van der Waals surface area contributed by atoms with Gasteiger partial charge in [0.15, 0.2) is 0 Å². The molecule has 0 unspecified atom stereocenters. The molecule has 0 saturated carbocycles. The lowest BCUT2D eigenvalue weighted by atomic mass is 10.1. The molecule has 0 aromatic heterocycles. The lowest BCUT2D eigenvalue weighted by Crippen LogP contribution is -1.88. The normalized spacial score (nSPS) is 10.9. The van der Waals surface area contributed by atoms with Crippen molar-refractivity contribution >= 4 is 0 Å². The molecular formula is C15H22O. The van der Waals surface area contributed by atoms with Crippen LogP contribution in [0.1, 0.15) is 45.1 Å². The molecule has 0 aliphatic rings. The Labute approximate surface area is 99.1 Å². The van der Waals surface area contributed by atoms with E-state index >= 15 is 0 Å². The van der Waals surface area contributed by atoms with E-state index in [4.69, 9.17) is 4.74 Å². The Morgan fingerprint density at radius 1 is 1.12 bits per heavy atom. The SMILES string of the molecule is CCCCCC=COc1ccccc1CC. The molecule has 1 aromatic carbocycles. The van der Waals surface area contributed by atoms with Crippen LogP contribution < -0.4 is 4.74 Å². The van der Waals surface area contributed by atoms with Crippen LogP contribution in [0.4, 0.5) is 0 Å². The molecule has 0 heterocycles. The van der Waals surface area contributed by atoms with E-state index < -0.39 is 0 Å². The van der Waals surface area contributed by atoms with E-state index in [1.54, 1.807) is 0 Å². The van der Waals surface area contributed by atoms with Crippen molar-refractivity contribution in [3.8, 4) is 5.75 Å². The fraction of sp³-hybridized carbons (Fsp3) is 0.467. The van der Waals surface area contributed by atoms with Crippen molar-refractivity contribution < 1.29 is 4.74 Å². The topological polar surface area (TPSA) is 9.23 Å². The second kappa shape index (κ2) is 7.98. The highest BCUT2D eigenvalue weighted by Crippen LogP contribution is 2.18. The van der Waals surface area contributed by atoms with Gasteiger partial charge in [-0.3, -0.25) is 0 Å². The van der Waals surface area contributed by atoms with Crippen molar-refractivity contribution in [1.82, 2.24) is 0 Å². The Morgan fingerprint density at radius 2 is 1.94 bits per heavy atom. The van der Waals surface area contributed by atoms with E-state index in [0.29, 0.717) is 0 Å². The molecule has 16 heavy (non-hydrogen) atoms. The molecule has 0 atom stereocenters. The van der Waals surface area contributed by atoms with Crippen LogP contribution >= 0.6 is 0 Å². The fourth-order valence-electron chi connectivity index (χ4n) is 1.61. The second-order valence-corrected chi connectivity index (χ2v) is 3.95. The van der Waals surface area contributed by atoms with Gasteiger partial charge in [-0.05, 0) is 37.0 Å². The maximum absolute atomic E-state index is 5.63. The van der Waals surface area contributed by atoms with Gasteiger partial charge >= 0.3 is 0 Å². The highest BCUT2D eigenvalue weighted by molar-refractivity contribution is 5.33. The van der Waals surface area contributed by atoms with Crippen LogP contribution in [0.25, 0.3) is 0 Å². The third kappa shape index (κ3) is 4.52. The van der Waals surface area contributed by atoms with Gasteiger partial charge in [-0.25, -0.2) is 0 Å². The molecule has 0 amide bonds. The lowest BCUT2D eigenvalue weighted by Gasteiger charge is -2.05. The average Bonchev–Trinajstić information content (AvgIpc) is 2.34. The molecule has 0 saturated heterocycles. The quantitative estimate of drug-likeness (QED) is 0.475. The van der Waals surface area contributed by atoms with Gasteiger partial charge in [0.05, 0.1) is 6.26 Å². The minimum Gasteiger partial charge on any atom is -0.465 e. The number of para-hydroxylation sites is 1. The van der Waals surface area contributed by atoms with E-state index in [2.05, 4.69) is 32.1 Å². The van der Waals surface area contributed by atoms with E-state index in [1.165, 1.54) is 24.8 Å². The average molecular weight is 218 g/mol. The Kier molecular flexibility index (Phi) is 6.39. The van der Waals surface area contributed by atoms with Crippen molar-refractivity contribution in [3.63, 3.8) is 0 Å². The number of unbranched alkanes of at least 4 members (excludes halogenated alkanes) is 3. The molecule has 0 radical (unpaired) electrons. The molecule has 0 aliphatic heterocycles. The van der Waals surface area contributed by atoms with Crippen molar-refractivity contribution in [3.05, 3.63) is 42.2 Å². The van der Waals surface area contributed by atoms with E-state index in [1.807, 2.05) is 18.4 Å². The van der Waals surface area contributed by atoms with E-state index in [0.717, 1.165) is 18.6 Å². The summed E-state index contributed by atoms with van der Waals surface area (Å²) in [4.78, 5) is 0. The Morgan fingerprint density at radius 3 is 2.69 bits per heavy atom. The number of aryl methyl sites for hydroxylation is 1. The van der Waals surface area contributed by atoms with Crippen LogP contribution in [0.3, 0.4) is 0 Å². The van der Waals surface area contributed by atoms with Gasteiger partial charge in [0.25, 0.3) is 0 Å². The smallest absolute Gasteiger partial charge is 0.129 e. The predicted molar refractivity (Wildman–Crippen MR) is 69.7 cm³/mol. The molecule has 1 heteroatoms. The summed E-state index contributed by atoms with van der Waals surface area (Å²) in [6, 6.07) is 8.20. The van der Waals surface area contributed by atoms with Crippen LogP contribution in [-0.4, -0.2) is 0 Å². The Balaban J connectivity index is 2.36. The number of benzene rings is 1. The summed E-state index contributed by atoms with van der Waals surface area (Å²) in [5.41, 5.74) is 1.26. The number of ether oxygens (including phenoxy) is 1. The standard InChI is InChI=1S/C15H22O/c1-3-5-6-7-10-13-16-15-12-9-8-11-14(15)4-2/h8-13H,3-7H2,1-2H3. The predicted octanol–water partition coefficient (Wildman–Crippen LogP) is 4.72. The van der Waals surface area contributed by atoms with Crippen molar-refractivity contribution in [1.29, 1.82) is 0 Å². The van der Waals surface area contributed by atoms with Crippen molar-refractivity contribution in [2.75, 3.05) is 0 Å². The Hall–Kier alpha value is -1.24. The molecular weight excluding hydrogens is 196 g/mol. The van der Waals surface area contributed by atoms with Crippen molar-refractivity contribution in [2.45, 2.75) is 46.0 Å². The minimum atomic E-state index is 0.983. The highest BCUT2D eigenvalue weighted by Gasteiger charge is 1.97. The molecule has 1 nitrogen and oxygen atoms in total. The third-order valence-corrected chi connectivity index (χ3v) is 2.62. The third-order valence-electron chi connectivity index (χ3n) is 2.62. The first kappa shape index (κ1) is 12.8. The van der Waals surface area contributed by atoms with Crippen LogP contribution in [0, 0.1) is 0 Å². The molecule has 1 rings (SSSR count). The van der Waals surface area contributed by atoms with Gasteiger partial charge in [0, 0.05) is 0 Å². The van der Waals surface area contributed by atoms with E-state index in [9.17, 15) is 0 Å². The van der Waals surface area contributed by atoms with Crippen LogP contribution in [-0.2, 0) is 6.42 Å². The van der Waals surface area contributed by atoms with Crippen LogP contribution in [0.5, 0.6) is 5.75 Å². The first-order valence-electron chi connectivity index (χ1n) is 6.28. The largest absolute Gasteiger partial charge is 0.465 e. The van der Waals surface area contributed by atoms with Gasteiger partial charge < -0.3 is 4.74 Å². The van der Waals surface area contributed by atoms with Crippen LogP contribution in [0.2, 0.25) is 0 Å². The number of rotatable bonds is 7. The first-order chi connectivity index (χ1) is 7.88. The molecule has 0 bridgehead atoms. The van der Waals surface area contributed by atoms with Gasteiger partial charge in [0.1, 0.15) is 5.75 Å². The maximum atomic E-state index is 5.63. The number of hydrogen-bond donors (Lipinski definition) is 0. The molecule has 0 fully saturated rings. The van der Waals surface area contributed by atoms with Crippen LogP contribution in [0.15, 0.2) is 36.6 Å². The summed E-state index contributed by atoms with van der Waals surface area (Å²) in [6.45, 7) is 4.37. The monoisotopic (exact) mass is 218 g/mol. The summed E-state index contributed by atoms with van der Waals surface area (Å²) in [6.07, 6.45) is 9.89. The summed E-state index contributed by atoms with van der Waals surface area (Å²) in [5, 5.41) is 0. The van der Waals surface area contributed by atoms with Gasteiger partial charge in [0.2, 0.25) is 0 Å². The lowest BCUT2D eigenvalue weighted by molar-refractivity contribution is 0.472. The van der Waals surface area contributed by atoms with Gasteiger partial charge in [-0.1, -0.05) is 44.9 Å². The molecule has 0 aliphatic carbocycles. The second-order valence-electron chi connectivity index (χ2n) is 3.95. The number of hydrogen-bond acceptors (Lipinski definition) is 1. The molecule has 0 N–H and O–H groups in total. The first-order valence-corrected chi connectivity index (χ1v) is 6.28. The van der Waals surface area contributed by atoms with Crippen molar-refractivity contribution in [2.24, 2.45) is 0 Å². The zero-order chi connectivity index (χ0) is 11.6. The summed E-state index contributed by atoms with van der Waals surface area (Å²) in [7, 11) is 0. The van der Waals surface area contributed by atoms with Gasteiger partial charge in [-0.15, -0.1) is 0 Å². The summed E-state index contributed by atoms with van der Waals surface area (Å²) >= 11 is 0. The molecule has 88 valence electrons. The zero-order valence-electron chi connectivity index (χ0n) is 10.4. The molecule has 1 aromatic rings. The highest BCUT2D eigenvalue weighted by atomic mass is 16.5. The minimum absolute atomic E-state index is 0.983. The molecule has 0 spiro atoms. The van der Waals surface area contributed by atoms with E-state index in [-0.39, 0.29) is 0 Å². The number of allylic oxidation sites excluding steroid dienone is 1. The maximum Gasteiger partial charge on any atom is 0.129 e. The van der Waals surface area contributed by atoms with Gasteiger partial charge in [-0.2, -0.15) is 0 Å². The summed E-state index contributed by atoms with van der Waals surface area (Å²) < 4.78 is 5.63. The fourth-order valence-corrected chi connectivity index (χ4v) is 1.61.